The minimum Gasteiger partial charge on any atom is -0.240 e. The molecule has 0 atom stereocenters. The molecular formula is C16H15N3O2S2. The predicted octanol–water partition coefficient (Wildman–Crippen LogP) is 2.99. The molecule has 0 saturated heterocycles. The summed E-state index contributed by atoms with van der Waals surface area (Å²) in [5.41, 5.74) is 2.35. The fraction of sp³-hybridized carbons (Fsp3) is 0.125. The molecule has 0 fully saturated rings. The van der Waals surface area contributed by atoms with E-state index in [1.807, 2.05) is 37.3 Å². The zero-order chi connectivity index (χ0) is 16.3. The van der Waals surface area contributed by atoms with Crippen LogP contribution in [0, 0.1) is 6.92 Å². The quantitative estimate of drug-likeness (QED) is 0.771. The molecule has 0 amide bonds. The fourth-order valence-corrected chi connectivity index (χ4v) is 4.38. The summed E-state index contributed by atoms with van der Waals surface area (Å²) in [4.78, 5) is 9.32. The average molecular weight is 345 g/mol. The maximum Gasteiger partial charge on any atom is 0.250 e. The van der Waals surface area contributed by atoms with Gasteiger partial charge in [0.15, 0.2) is 0 Å². The highest BCUT2D eigenvalue weighted by molar-refractivity contribution is 7.91. The van der Waals surface area contributed by atoms with Crippen molar-refractivity contribution in [1.29, 1.82) is 0 Å². The molecule has 1 N–H and O–H groups in total. The molecule has 7 heteroatoms. The van der Waals surface area contributed by atoms with Gasteiger partial charge in [0.2, 0.25) is 10.0 Å². The Labute approximate surface area is 139 Å². The summed E-state index contributed by atoms with van der Waals surface area (Å²) in [5.74, 6) is 0. The number of nitrogens with one attached hydrogen (secondary N) is 1. The molecule has 0 unspecified atom stereocenters. The van der Waals surface area contributed by atoms with E-state index in [4.69, 9.17) is 0 Å². The predicted molar refractivity (Wildman–Crippen MR) is 90.5 cm³/mol. The van der Waals surface area contributed by atoms with Crippen LogP contribution < -0.4 is 4.72 Å². The Kier molecular flexibility index (Phi) is 4.51. The first-order chi connectivity index (χ1) is 11.0. The molecule has 0 aliphatic carbocycles. The molecular weight excluding hydrogens is 330 g/mol. The summed E-state index contributed by atoms with van der Waals surface area (Å²) in [6, 6.07) is 14.9. The molecule has 2 aromatic heterocycles. The van der Waals surface area contributed by atoms with Crippen molar-refractivity contribution >= 4 is 21.4 Å². The summed E-state index contributed by atoms with van der Waals surface area (Å²) in [7, 11) is -3.51. The van der Waals surface area contributed by atoms with Crippen molar-refractivity contribution in [1.82, 2.24) is 14.7 Å². The van der Waals surface area contributed by atoms with Gasteiger partial charge >= 0.3 is 0 Å². The Balaban J connectivity index is 1.76. The Morgan fingerprint density at radius 2 is 1.87 bits per heavy atom. The van der Waals surface area contributed by atoms with Crippen LogP contribution in [0.1, 0.15) is 10.6 Å². The SMILES string of the molecule is Cc1ccc(S(=O)(=O)NCc2cc(-c3ccccc3)ncn2)s1. The second-order valence-corrected chi connectivity index (χ2v) is 8.23. The van der Waals surface area contributed by atoms with Crippen molar-refractivity contribution in [2.75, 3.05) is 0 Å². The maximum atomic E-state index is 12.2. The van der Waals surface area contributed by atoms with Crippen LogP contribution in [0.4, 0.5) is 0 Å². The van der Waals surface area contributed by atoms with Gasteiger partial charge < -0.3 is 0 Å². The molecule has 0 aliphatic rings. The van der Waals surface area contributed by atoms with Crippen LogP contribution in [0.3, 0.4) is 0 Å². The third-order valence-corrected chi connectivity index (χ3v) is 6.11. The zero-order valence-electron chi connectivity index (χ0n) is 12.4. The molecule has 0 saturated carbocycles. The van der Waals surface area contributed by atoms with E-state index >= 15 is 0 Å². The van der Waals surface area contributed by atoms with E-state index in [9.17, 15) is 8.42 Å². The summed E-state index contributed by atoms with van der Waals surface area (Å²) in [6.07, 6.45) is 1.45. The molecule has 5 nitrogen and oxygen atoms in total. The van der Waals surface area contributed by atoms with E-state index in [1.54, 1.807) is 18.2 Å². The van der Waals surface area contributed by atoms with Gasteiger partial charge in [0.25, 0.3) is 0 Å². The molecule has 1 aromatic carbocycles. The summed E-state index contributed by atoms with van der Waals surface area (Å²) >= 11 is 1.25. The Bertz CT molecular complexity index is 906. The van der Waals surface area contributed by atoms with Crippen molar-refractivity contribution in [3.63, 3.8) is 0 Å². The second kappa shape index (κ2) is 6.57. The van der Waals surface area contributed by atoms with Crippen LogP contribution in [0.5, 0.6) is 0 Å². The van der Waals surface area contributed by atoms with Gasteiger partial charge in [0.1, 0.15) is 10.5 Å². The van der Waals surface area contributed by atoms with E-state index in [1.165, 1.54) is 17.7 Å². The molecule has 118 valence electrons. The molecule has 0 bridgehead atoms. The average Bonchev–Trinajstić information content (AvgIpc) is 3.02. The number of benzene rings is 1. The van der Waals surface area contributed by atoms with Gasteiger partial charge in [-0.1, -0.05) is 30.3 Å². The van der Waals surface area contributed by atoms with Crippen LogP contribution in [-0.4, -0.2) is 18.4 Å². The minimum absolute atomic E-state index is 0.127. The van der Waals surface area contributed by atoms with Crippen LogP contribution in [-0.2, 0) is 16.6 Å². The first-order valence-electron chi connectivity index (χ1n) is 6.97. The Morgan fingerprint density at radius 1 is 1.09 bits per heavy atom. The topological polar surface area (TPSA) is 72.0 Å². The van der Waals surface area contributed by atoms with Crippen molar-refractivity contribution in [2.24, 2.45) is 0 Å². The number of hydrogen-bond acceptors (Lipinski definition) is 5. The lowest BCUT2D eigenvalue weighted by Gasteiger charge is -2.06. The molecule has 2 heterocycles. The van der Waals surface area contributed by atoms with Gasteiger partial charge in [-0.3, -0.25) is 0 Å². The van der Waals surface area contributed by atoms with E-state index in [2.05, 4.69) is 14.7 Å². The standard InChI is InChI=1S/C16H15N3O2S2/c1-12-7-8-16(22-12)23(20,21)19-10-14-9-15(18-11-17-14)13-5-3-2-4-6-13/h2-9,11,19H,10H2,1H3. The number of thiophene rings is 1. The van der Waals surface area contributed by atoms with E-state index in [0.29, 0.717) is 9.90 Å². The number of sulfonamides is 1. The first kappa shape index (κ1) is 15.8. The van der Waals surface area contributed by atoms with Crippen molar-refractivity contribution in [2.45, 2.75) is 17.7 Å². The van der Waals surface area contributed by atoms with Crippen molar-refractivity contribution in [3.05, 3.63) is 65.4 Å². The van der Waals surface area contributed by atoms with Crippen LogP contribution >= 0.6 is 11.3 Å². The molecule has 3 aromatic rings. The lowest BCUT2D eigenvalue weighted by Crippen LogP contribution is -2.23. The molecule has 0 aliphatic heterocycles. The van der Waals surface area contributed by atoms with Gasteiger partial charge in [0, 0.05) is 10.4 Å². The molecule has 0 radical (unpaired) electrons. The highest BCUT2D eigenvalue weighted by Gasteiger charge is 2.16. The summed E-state index contributed by atoms with van der Waals surface area (Å²) in [6.45, 7) is 2.00. The normalized spacial score (nSPS) is 11.5. The third-order valence-electron chi connectivity index (χ3n) is 3.22. The minimum atomic E-state index is -3.51. The Hall–Kier alpha value is -2.09. The largest absolute Gasteiger partial charge is 0.250 e. The van der Waals surface area contributed by atoms with Gasteiger partial charge in [0.05, 0.1) is 17.9 Å². The second-order valence-electron chi connectivity index (χ2n) is 4.95. The van der Waals surface area contributed by atoms with Gasteiger partial charge in [-0.25, -0.2) is 23.1 Å². The summed E-state index contributed by atoms with van der Waals surface area (Å²) in [5, 5.41) is 0. The number of nitrogens with zero attached hydrogens (tertiary/aromatic N) is 2. The highest BCUT2D eigenvalue weighted by Crippen LogP contribution is 2.21. The van der Waals surface area contributed by atoms with E-state index in [0.717, 1.165) is 16.1 Å². The lowest BCUT2D eigenvalue weighted by molar-refractivity contribution is 0.582. The van der Waals surface area contributed by atoms with Crippen molar-refractivity contribution < 1.29 is 8.42 Å². The fourth-order valence-electron chi connectivity index (χ4n) is 2.06. The van der Waals surface area contributed by atoms with E-state index in [-0.39, 0.29) is 6.54 Å². The van der Waals surface area contributed by atoms with E-state index < -0.39 is 10.0 Å². The first-order valence-corrected chi connectivity index (χ1v) is 9.27. The smallest absolute Gasteiger partial charge is 0.240 e. The highest BCUT2D eigenvalue weighted by atomic mass is 32.2. The van der Waals surface area contributed by atoms with Crippen LogP contribution in [0.25, 0.3) is 11.3 Å². The summed E-state index contributed by atoms with van der Waals surface area (Å²) < 4.78 is 27.3. The van der Waals surface area contributed by atoms with Gasteiger partial charge in [-0.05, 0) is 25.1 Å². The third kappa shape index (κ3) is 3.82. The van der Waals surface area contributed by atoms with Gasteiger partial charge in [-0.2, -0.15) is 0 Å². The number of aryl methyl sites for hydroxylation is 1. The Morgan fingerprint density at radius 3 is 2.57 bits per heavy atom. The molecule has 3 rings (SSSR count). The number of aromatic nitrogens is 2. The maximum absolute atomic E-state index is 12.2. The molecule has 0 spiro atoms. The zero-order valence-corrected chi connectivity index (χ0v) is 14.1. The number of rotatable bonds is 5. The van der Waals surface area contributed by atoms with Crippen LogP contribution in [0.15, 0.2) is 59.1 Å². The lowest BCUT2D eigenvalue weighted by atomic mass is 10.1. The van der Waals surface area contributed by atoms with Crippen molar-refractivity contribution in [3.8, 4) is 11.3 Å². The van der Waals surface area contributed by atoms with Gasteiger partial charge in [-0.15, -0.1) is 11.3 Å². The monoisotopic (exact) mass is 345 g/mol. The van der Waals surface area contributed by atoms with Crippen LogP contribution in [0.2, 0.25) is 0 Å². The number of hydrogen-bond donors (Lipinski definition) is 1. The molecule has 23 heavy (non-hydrogen) atoms.